The largest absolute Gasteiger partial charge is 0.399 e. The molecule has 3 N–H and O–H groups in total. The second kappa shape index (κ2) is 11.9. The number of Topliss-reactive ketones (excluding diaryl/α,β-unsaturated/α-hetero) is 4. The number of aromatic nitrogens is 4. The van der Waals surface area contributed by atoms with E-state index in [1.165, 1.54) is 6.92 Å². The summed E-state index contributed by atoms with van der Waals surface area (Å²) in [5, 5.41) is 6.61. The molecular formula is C36H32N6O5. The number of carbonyl (C=O) groups excluding carboxylic acids is 5. The van der Waals surface area contributed by atoms with Gasteiger partial charge in [0.15, 0.2) is 11.6 Å². The van der Waals surface area contributed by atoms with Crippen LogP contribution >= 0.6 is 0 Å². The second-order valence-corrected chi connectivity index (χ2v) is 12.2. The van der Waals surface area contributed by atoms with Crippen molar-refractivity contribution in [3.05, 3.63) is 73.1 Å². The molecule has 2 aromatic carbocycles. The molecule has 1 amide bonds. The van der Waals surface area contributed by atoms with Gasteiger partial charge in [0.05, 0.1) is 36.0 Å². The molecule has 2 atom stereocenters. The number of pyridine rings is 2. The van der Waals surface area contributed by atoms with E-state index in [2.05, 4.69) is 15.3 Å². The molecule has 11 heteroatoms. The van der Waals surface area contributed by atoms with E-state index in [0.717, 1.165) is 43.9 Å². The molecule has 2 aliphatic rings. The fraction of sp³-hybridized carbons (Fsp3) is 0.250. The molecular weight excluding hydrogens is 596 g/mol. The summed E-state index contributed by atoms with van der Waals surface area (Å²) >= 11 is 0. The lowest BCUT2D eigenvalue weighted by atomic mass is 9.92. The van der Waals surface area contributed by atoms with Crippen molar-refractivity contribution < 1.29 is 24.0 Å². The lowest BCUT2D eigenvalue weighted by Gasteiger charge is -2.23. The summed E-state index contributed by atoms with van der Waals surface area (Å²) in [7, 11) is 0. The predicted molar refractivity (Wildman–Crippen MR) is 179 cm³/mol. The van der Waals surface area contributed by atoms with Gasteiger partial charge in [-0.15, -0.1) is 0 Å². The van der Waals surface area contributed by atoms with E-state index in [0.29, 0.717) is 37.1 Å². The van der Waals surface area contributed by atoms with Gasteiger partial charge in [0.1, 0.15) is 22.9 Å². The van der Waals surface area contributed by atoms with E-state index in [1.54, 1.807) is 12.4 Å². The number of anilines is 2. The average molecular weight is 629 g/mol. The zero-order chi connectivity index (χ0) is 32.8. The van der Waals surface area contributed by atoms with Gasteiger partial charge in [-0.2, -0.15) is 0 Å². The van der Waals surface area contributed by atoms with Crippen LogP contribution in [0.3, 0.4) is 0 Å². The molecule has 0 radical (unpaired) electrons. The molecule has 0 saturated heterocycles. The topological polar surface area (TPSA) is 159 Å². The van der Waals surface area contributed by atoms with E-state index < -0.39 is 0 Å². The van der Waals surface area contributed by atoms with E-state index >= 15 is 0 Å². The standard InChI is InChI=1S/C19H17N3O3.C17H15N3O2/c1-11(23)21-12-4-6-16-15(9-12)14-3-2-8-20-19(14)22(16)17-7-5-13(24)10-18(17)25;18-10-3-5-14-13(8-10)12-2-1-7-19-17(12)20(14)15-6-4-11(21)9-16(15)22/h2-4,6,8-9,17H,5,7,10H2,1H3,(H,21,23);1-3,5,7-8,15H,4,6,9,18H2. The van der Waals surface area contributed by atoms with Crippen LogP contribution in [0.5, 0.6) is 0 Å². The van der Waals surface area contributed by atoms with E-state index in [4.69, 9.17) is 5.73 Å². The van der Waals surface area contributed by atoms with Gasteiger partial charge in [0, 0.05) is 65.1 Å². The van der Waals surface area contributed by atoms with Crippen molar-refractivity contribution in [2.24, 2.45) is 0 Å². The number of nitrogen functional groups attached to an aromatic ring is 1. The Morgan fingerprint density at radius 1 is 0.723 bits per heavy atom. The van der Waals surface area contributed by atoms with Crippen molar-refractivity contribution >= 4 is 84.3 Å². The Morgan fingerprint density at radius 2 is 1.23 bits per heavy atom. The van der Waals surface area contributed by atoms with Crippen LogP contribution in [0.2, 0.25) is 0 Å². The first kappa shape index (κ1) is 30.0. The maximum Gasteiger partial charge on any atom is 0.221 e. The van der Waals surface area contributed by atoms with Crippen molar-refractivity contribution in [1.82, 2.24) is 19.1 Å². The third-order valence-electron chi connectivity index (χ3n) is 8.97. The summed E-state index contributed by atoms with van der Waals surface area (Å²) in [6.07, 6.45) is 5.33. The number of carbonyl (C=O) groups is 5. The summed E-state index contributed by atoms with van der Waals surface area (Å²) in [5.41, 5.74) is 10.6. The number of ketones is 4. The zero-order valence-electron chi connectivity index (χ0n) is 25.7. The highest BCUT2D eigenvalue weighted by molar-refractivity contribution is 6.12. The molecule has 2 unspecified atom stereocenters. The van der Waals surface area contributed by atoms with Crippen LogP contribution in [-0.4, -0.2) is 48.1 Å². The number of nitrogens with two attached hydrogens (primary N) is 1. The van der Waals surface area contributed by atoms with Crippen molar-refractivity contribution in [3.8, 4) is 0 Å². The van der Waals surface area contributed by atoms with Gasteiger partial charge in [-0.05, 0) is 73.5 Å². The molecule has 2 saturated carbocycles. The van der Waals surface area contributed by atoms with Crippen LogP contribution in [0.1, 0.15) is 57.5 Å². The minimum atomic E-state index is -0.376. The quantitative estimate of drug-likeness (QED) is 0.188. The number of benzene rings is 2. The van der Waals surface area contributed by atoms with Gasteiger partial charge in [-0.3, -0.25) is 24.0 Å². The van der Waals surface area contributed by atoms with Crippen LogP contribution in [0, 0.1) is 0 Å². The molecule has 2 aliphatic carbocycles. The molecule has 0 spiro atoms. The Balaban J connectivity index is 0.000000151. The first-order chi connectivity index (χ1) is 22.7. The number of nitrogens with one attached hydrogen (secondary N) is 1. The zero-order valence-corrected chi connectivity index (χ0v) is 25.7. The smallest absolute Gasteiger partial charge is 0.221 e. The van der Waals surface area contributed by atoms with Crippen molar-refractivity contribution in [3.63, 3.8) is 0 Å². The Labute approximate surface area is 268 Å². The summed E-state index contributed by atoms with van der Waals surface area (Å²) in [4.78, 5) is 68.2. The fourth-order valence-electron chi connectivity index (χ4n) is 6.94. The number of rotatable bonds is 3. The molecule has 4 heterocycles. The lowest BCUT2D eigenvalue weighted by Crippen LogP contribution is -2.27. The fourth-order valence-corrected chi connectivity index (χ4v) is 6.94. The number of hydrogen-bond acceptors (Lipinski definition) is 8. The monoisotopic (exact) mass is 628 g/mol. The molecule has 0 aliphatic heterocycles. The summed E-state index contributed by atoms with van der Waals surface area (Å²) in [5.74, 6) is -0.200. The third kappa shape index (κ3) is 5.43. The summed E-state index contributed by atoms with van der Waals surface area (Å²) < 4.78 is 3.91. The summed E-state index contributed by atoms with van der Waals surface area (Å²) in [6, 6.07) is 18.2. The Kier molecular flexibility index (Phi) is 7.59. The minimum absolute atomic E-state index is 0.00270. The van der Waals surface area contributed by atoms with E-state index in [1.807, 2.05) is 69.8 Å². The first-order valence-electron chi connectivity index (χ1n) is 15.6. The van der Waals surface area contributed by atoms with Crippen LogP contribution in [0.15, 0.2) is 73.1 Å². The lowest BCUT2D eigenvalue weighted by molar-refractivity contribution is -0.133. The van der Waals surface area contributed by atoms with Gasteiger partial charge >= 0.3 is 0 Å². The van der Waals surface area contributed by atoms with Crippen molar-refractivity contribution in [1.29, 1.82) is 0 Å². The Hall–Kier alpha value is -5.71. The van der Waals surface area contributed by atoms with E-state index in [9.17, 15) is 24.0 Å². The highest BCUT2D eigenvalue weighted by Gasteiger charge is 2.32. The highest BCUT2D eigenvalue weighted by Crippen LogP contribution is 2.37. The molecule has 11 nitrogen and oxygen atoms in total. The maximum atomic E-state index is 12.5. The number of hydrogen-bond donors (Lipinski definition) is 2. The summed E-state index contributed by atoms with van der Waals surface area (Å²) in [6.45, 7) is 1.47. The van der Waals surface area contributed by atoms with E-state index in [-0.39, 0.29) is 54.0 Å². The van der Waals surface area contributed by atoms with Crippen LogP contribution in [0.4, 0.5) is 11.4 Å². The maximum absolute atomic E-state index is 12.5. The van der Waals surface area contributed by atoms with Gasteiger partial charge in [0.25, 0.3) is 0 Å². The first-order valence-corrected chi connectivity index (χ1v) is 15.6. The normalized spacial score (nSPS) is 18.6. The molecule has 0 bridgehead atoms. The molecule has 47 heavy (non-hydrogen) atoms. The predicted octanol–water partition coefficient (Wildman–Crippen LogP) is 5.65. The molecule has 236 valence electrons. The van der Waals surface area contributed by atoms with Crippen molar-refractivity contribution in [2.45, 2.75) is 57.5 Å². The Bertz CT molecular complexity index is 2280. The number of amides is 1. The third-order valence-corrected chi connectivity index (χ3v) is 8.97. The minimum Gasteiger partial charge on any atom is -0.399 e. The average Bonchev–Trinajstić information content (AvgIpc) is 3.54. The van der Waals surface area contributed by atoms with Crippen LogP contribution in [-0.2, 0) is 24.0 Å². The van der Waals surface area contributed by atoms with Crippen molar-refractivity contribution in [2.75, 3.05) is 11.1 Å². The second-order valence-electron chi connectivity index (χ2n) is 12.2. The molecule has 8 rings (SSSR count). The highest BCUT2D eigenvalue weighted by atomic mass is 16.2. The SMILES string of the molecule is CC(=O)Nc1ccc2c(c1)c1cccnc1n2C1CCC(=O)CC1=O.Nc1ccc2c(c1)c1cccnc1n2C1CCC(=O)CC1=O. The number of nitrogens with zero attached hydrogens (tertiary/aromatic N) is 4. The molecule has 4 aromatic heterocycles. The van der Waals surface area contributed by atoms with Crippen LogP contribution in [0.25, 0.3) is 43.9 Å². The van der Waals surface area contributed by atoms with Gasteiger partial charge in [-0.25, -0.2) is 9.97 Å². The molecule has 2 fully saturated rings. The molecule has 6 aromatic rings. The van der Waals surface area contributed by atoms with Gasteiger partial charge in [-0.1, -0.05) is 0 Å². The van der Waals surface area contributed by atoms with Gasteiger partial charge in [0.2, 0.25) is 5.91 Å². The Morgan fingerprint density at radius 3 is 1.74 bits per heavy atom. The number of fused-ring (bicyclic) bond motifs is 6. The van der Waals surface area contributed by atoms with Crippen LogP contribution < -0.4 is 11.1 Å². The van der Waals surface area contributed by atoms with Gasteiger partial charge < -0.3 is 20.2 Å².